The van der Waals surface area contributed by atoms with Crippen LogP contribution in [0.4, 0.5) is 0 Å². The molecule has 1 aromatic rings. The molecular weight excluding hydrogens is 210 g/mol. The van der Waals surface area contributed by atoms with Crippen molar-refractivity contribution in [1.29, 1.82) is 0 Å². The minimum Gasteiger partial charge on any atom is -0.493 e. The molecule has 0 spiro atoms. The van der Waals surface area contributed by atoms with Crippen LogP contribution in [0.5, 0.6) is 5.75 Å². The lowest BCUT2D eigenvalue weighted by Gasteiger charge is -2.41. The molecule has 0 bridgehead atoms. The minimum atomic E-state index is 0.249. The summed E-state index contributed by atoms with van der Waals surface area (Å²) in [5.74, 6) is 1.83. The quantitative estimate of drug-likeness (QED) is 0.845. The molecule has 0 aliphatic heterocycles. The van der Waals surface area contributed by atoms with Gasteiger partial charge >= 0.3 is 0 Å². The molecule has 2 saturated carbocycles. The van der Waals surface area contributed by atoms with Crippen LogP contribution in [0.15, 0.2) is 24.3 Å². The van der Waals surface area contributed by atoms with Gasteiger partial charge in [-0.2, -0.15) is 0 Å². The Kier molecular flexibility index (Phi) is 2.83. The van der Waals surface area contributed by atoms with E-state index in [1.807, 2.05) is 0 Å². The molecule has 2 aliphatic carbocycles. The van der Waals surface area contributed by atoms with Crippen molar-refractivity contribution >= 4 is 0 Å². The summed E-state index contributed by atoms with van der Waals surface area (Å²) in [5, 5.41) is 0. The number of nitrogens with two attached hydrogens (primary N) is 1. The maximum absolute atomic E-state index is 5.94. The normalized spacial score (nSPS) is 21.9. The number of ether oxygens (including phenoxy) is 1. The van der Waals surface area contributed by atoms with Crippen molar-refractivity contribution in [2.45, 2.75) is 37.5 Å². The maximum atomic E-state index is 5.94. The Morgan fingerprint density at radius 3 is 2.71 bits per heavy atom. The van der Waals surface area contributed by atoms with E-state index in [0.717, 1.165) is 24.8 Å². The highest BCUT2D eigenvalue weighted by atomic mass is 16.5. The zero-order chi connectivity index (χ0) is 11.7. The summed E-state index contributed by atoms with van der Waals surface area (Å²) >= 11 is 0. The molecule has 2 fully saturated rings. The van der Waals surface area contributed by atoms with Crippen LogP contribution in [0.3, 0.4) is 0 Å². The van der Waals surface area contributed by atoms with Gasteiger partial charge in [0, 0.05) is 12.0 Å². The molecule has 0 aromatic heterocycles. The summed E-state index contributed by atoms with van der Waals surface area (Å²) in [6.07, 6.45) is 6.45. The van der Waals surface area contributed by atoms with Crippen molar-refractivity contribution < 1.29 is 4.74 Å². The van der Waals surface area contributed by atoms with Crippen LogP contribution in [0, 0.1) is 5.92 Å². The van der Waals surface area contributed by atoms with Crippen molar-refractivity contribution in [3.63, 3.8) is 0 Å². The third kappa shape index (κ3) is 2.19. The second kappa shape index (κ2) is 4.34. The van der Waals surface area contributed by atoms with Crippen molar-refractivity contribution in [1.82, 2.24) is 0 Å². The van der Waals surface area contributed by atoms with Gasteiger partial charge in [0.15, 0.2) is 0 Å². The fourth-order valence-electron chi connectivity index (χ4n) is 2.63. The first-order chi connectivity index (χ1) is 8.32. The fraction of sp³-hybridized carbons (Fsp3) is 0.600. The summed E-state index contributed by atoms with van der Waals surface area (Å²) in [7, 11) is 0. The number of hydrogen-bond acceptors (Lipinski definition) is 2. The first kappa shape index (κ1) is 11.1. The van der Waals surface area contributed by atoms with Crippen LogP contribution in [-0.4, -0.2) is 13.2 Å². The zero-order valence-electron chi connectivity index (χ0n) is 10.3. The summed E-state index contributed by atoms with van der Waals surface area (Å²) in [6, 6.07) is 8.58. The molecule has 1 aromatic carbocycles. The molecule has 3 rings (SSSR count). The largest absolute Gasteiger partial charge is 0.493 e. The molecular formula is C15H21NO. The first-order valence-electron chi connectivity index (χ1n) is 6.76. The molecule has 2 aliphatic rings. The van der Waals surface area contributed by atoms with Crippen molar-refractivity contribution in [2.75, 3.05) is 13.2 Å². The SMILES string of the molecule is NCC1(c2cccc(OCC3CC3)c2)CCC1. The summed E-state index contributed by atoms with van der Waals surface area (Å²) in [5.41, 5.74) is 7.57. The minimum absolute atomic E-state index is 0.249. The lowest BCUT2D eigenvalue weighted by atomic mass is 9.64. The Morgan fingerprint density at radius 1 is 1.29 bits per heavy atom. The molecule has 0 amide bonds. The monoisotopic (exact) mass is 231 g/mol. The van der Waals surface area contributed by atoms with Crippen LogP contribution in [-0.2, 0) is 5.41 Å². The number of benzene rings is 1. The highest BCUT2D eigenvalue weighted by Crippen LogP contribution is 2.43. The van der Waals surface area contributed by atoms with Gasteiger partial charge in [0.1, 0.15) is 5.75 Å². The second-order valence-electron chi connectivity index (χ2n) is 5.62. The van der Waals surface area contributed by atoms with Crippen molar-refractivity contribution in [2.24, 2.45) is 11.7 Å². The van der Waals surface area contributed by atoms with Gasteiger partial charge in [0.25, 0.3) is 0 Å². The standard InChI is InChI=1S/C15H21NO/c16-11-15(7-2-8-15)13-3-1-4-14(9-13)17-10-12-5-6-12/h1,3-4,9,12H,2,5-8,10-11,16H2. The highest BCUT2D eigenvalue weighted by molar-refractivity contribution is 5.35. The van der Waals surface area contributed by atoms with Gasteiger partial charge in [-0.1, -0.05) is 18.6 Å². The van der Waals surface area contributed by atoms with E-state index in [9.17, 15) is 0 Å². The average molecular weight is 231 g/mol. The Labute approximate surface area is 103 Å². The molecule has 0 heterocycles. The van der Waals surface area contributed by atoms with E-state index in [0.29, 0.717) is 0 Å². The second-order valence-corrected chi connectivity index (χ2v) is 5.62. The van der Waals surface area contributed by atoms with Gasteiger partial charge in [-0.05, 0) is 49.3 Å². The van der Waals surface area contributed by atoms with Gasteiger partial charge in [-0.15, -0.1) is 0 Å². The topological polar surface area (TPSA) is 35.2 Å². The van der Waals surface area contributed by atoms with E-state index in [1.165, 1.54) is 37.7 Å². The smallest absolute Gasteiger partial charge is 0.119 e. The van der Waals surface area contributed by atoms with Crippen LogP contribution in [0.25, 0.3) is 0 Å². The van der Waals surface area contributed by atoms with Crippen LogP contribution in [0.1, 0.15) is 37.7 Å². The molecule has 0 unspecified atom stereocenters. The molecule has 2 heteroatoms. The van der Waals surface area contributed by atoms with Gasteiger partial charge in [0.05, 0.1) is 6.61 Å². The van der Waals surface area contributed by atoms with Crippen LogP contribution < -0.4 is 10.5 Å². The predicted octanol–water partition coefficient (Wildman–Crippen LogP) is 2.86. The Hall–Kier alpha value is -1.02. The molecule has 0 radical (unpaired) electrons. The third-order valence-electron chi connectivity index (χ3n) is 4.33. The molecule has 2 nitrogen and oxygen atoms in total. The molecule has 92 valence electrons. The molecule has 0 atom stereocenters. The van der Waals surface area contributed by atoms with E-state index >= 15 is 0 Å². The maximum Gasteiger partial charge on any atom is 0.119 e. The van der Waals surface area contributed by atoms with E-state index < -0.39 is 0 Å². The molecule has 0 saturated heterocycles. The predicted molar refractivity (Wildman–Crippen MR) is 69.2 cm³/mol. The molecule has 2 N–H and O–H groups in total. The fourth-order valence-corrected chi connectivity index (χ4v) is 2.63. The van der Waals surface area contributed by atoms with Crippen LogP contribution >= 0.6 is 0 Å². The Balaban J connectivity index is 1.73. The van der Waals surface area contributed by atoms with E-state index in [2.05, 4.69) is 24.3 Å². The number of rotatable bonds is 5. The third-order valence-corrected chi connectivity index (χ3v) is 4.33. The average Bonchev–Trinajstić information content (AvgIpc) is 3.10. The summed E-state index contributed by atoms with van der Waals surface area (Å²) in [4.78, 5) is 0. The van der Waals surface area contributed by atoms with Crippen LogP contribution in [0.2, 0.25) is 0 Å². The lowest BCUT2D eigenvalue weighted by molar-refractivity contribution is 0.250. The van der Waals surface area contributed by atoms with Gasteiger partial charge < -0.3 is 10.5 Å². The summed E-state index contributed by atoms with van der Waals surface area (Å²) in [6.45, 7) is 1.65. The first-order valence-corrected chi connectivity index (χ1v) is 6.76. The van der Waals surface area contributed by atoms with E-state index in [1.54, 1.807) is 0 Å². The van der Waals surface area contributed by atoms with E-state index in [4.69, 9.17) is 10.5 Å². The zero-order valence-corrected chi connectivity index (χ0v) is 10.3. The Morgan fingerprint density at radius 2 is 2.12 bits per heavy atom. The van der Waals surface area contributed by atoms with Gasteiger partial charge in [0.2, 0.25) is 0 Å². The van der Waals surface area contributed by atoms with Crippen molar-refractivity contribution in [3.8, 4) is 5.75 Å². The summed E-state index contributed by atoms with van der Waals surface area (Å²) < 4.78 is 5.84. The lowest BCUT2D eigenvalue weighted by Crippen LogP contribution is -2.41. The molecule has 17 heavy (non-hydrogen) atoms. The van der Waals surface area contributed by atoms with Crippen molar-refractivity contribution in [3.05, 3.63) is 29.8 Å². The van der Waals surface area contributed by atoms with Gasteiger partial charge in [-0.25, -0.2) is 0 Å². The van der Waals surface area contributed by atoms with Gasteiger partial charge in [-0.3, -0.25) is 0 Å². The number of hydrogen-bond donors (Lipinski definition) is 1. The van der Waals surface area contributed by atoms with E-state index in [-0.39, 0.29) is 5.41 Å². The Bertz CT molecular complexity index is 388. The highest BCUT2D eigenvalue weighted by Gasteiger charge is 2.37.